The number of rotatable bonds is 3. The first-order chi connectivity index (χ1) is 14.0. The van der Waals surface area contributed by atoms with E-state index in [0.29, 0.717) is 12.6 Å². The third-order valence-electron chi connectivity index (χ3n) is 7.05. The smallest absolute Gasteiger partial charge is 0.252 e. The van der Waals surface area contributed by atoms with Crippen LogP contribution in [0.3, 0.4) is 0 Å². The Kier molecular flexibility index (Phi) is 4.24. The molecule has 0 radical (unpaired) electrons. The Morgan fingerprint density at radius 1 is 1.17 bits per heavy atom. The molecule has 5 rings (SSSR count). The molecule has 3 atom stereocenters. The van der Waals surface area contributed by atoms with Gasteiger partial charge >= 0.3 is 0 Å². The summed E-state index contributed by atoms with van der Waals surface area (Å²) in [6, 6.07) is 16.5. The van der Waals surface area contributed by atoms with E-state index in [2.05, 4.69) is 29.3 Å². The first-order valence-corrected chi connectivity index (χ1v) is 10.5. The summed E-state index contributed by atoms with van der Waals surface area (Å²) in [5.74, 6) is -0.339. The first kappa shape index (κ1) is 18.4. The fourth-order valence-electron chi connectivity index (χ4n) is 5.69. The van der Waals surface area contributed by atoms with Crippen LogP contribution in [0.15, 0.2) is 48.5 Å². The van der Waals surface area contributed by atoms with Crippen molar-refractivity contribution in [1.29, 1.82) is 0 Å². The normalized spacial score (nSPS) is 28.1. The lowest BCUT2D eigenvalue weighted by Crippen LogP contribution is -2.55. The highest BCUT2D eigenvalue weighted by molar-refractivity contribution is 6.10. The highest BCUT2D eigenvalue weighted by atomic mass is 16.2. The maximum absolute atomic E-state index is 13.7. The van der Waals surface area contributed by atoms with E-state index < -0.39 is 5.54 Å². The third kappa shape index (κ3) is 2.57. The van der Waals surface area contributed by atoms with Gasteiger partial charge in [0.1, 0.15) is 5.54 Å². The Hall–Kier alpha value is -2.66. The van der Waals surface area contributed by atoms with Crippen LogP contribution in [-0.2, 0) is 21.7 Å². The largest absolute Gasteiger partial charge is 0.352 e. The quantitative estimate of drug-likeness (QED) is 0.878. The molecule has 3 aliphatic heterocycles. The molecule has 29 heavy (non-hydrogen) atoms. The lowest BCUT2D eigenvalue weighted by Gasteiger charge is -2.37. The summed E-state index contributed by atoms with van der Waals surface area (Å²) in [5.41, 5.74) is 3.34. The van der Waals surface area contributed by atoms with Gasteiger partial charge in [0, 0.05) is 30.9 Å². The van der Waals surface area contributed by atoms with Crippen LogP contribution in [0.4, 0.5) is 5.69 Å². The van der Waals surface area contributed by atoms with Gasteiger partial charge in [0.25, 0.3) is 5.91 Å². The zero-order chi connectivity index (χ0) is 20.2. The lowest BCUT2D eigenvalue weighted by molar-refractivity contribution is -0.138. The van der Waals surface area contributed by atoms with Crippen molar-refractivity contribution in [3.63, 3.8) is 0 Å². The predicted molar refractivity (Wildman–Crippen MR) is 112 cm³/mol. The number of amides is 2. The van der Waals surface area contributed by atoms with E-state index in [4.69, 9.17) is 0 Å². The minimum absolute atomic E-state index is 0.0153. The second-order valence-corrected chi connectivity index (χ2v) is 8.63. The van der Waals surface area contributed by atoms with Crippen molar-refractivity contribution in [1.82, 2.24) is 10.2 Å². The van der Waals surface area contributed by atoms with Gasteiger partial charge in [-0.3, -0.25) is 14.5 Å². The van der Waals surface area contributed by atoms with Crippen molar-refractivity contribution in [2.75, 3.05) is 18.5 Å². The Labute approximate surface area is 171 Å². The number of benzene rings is 2. The number of aryl methyl sites for hydroxylation is 1. The highest BCUT2D eigenvalue weighted by Crippen LogP contribution is 2.56. The van der Waals surface area contributed by atoms with Gasteiger partial charge in [0.2, 0.25) is 5.91 Å². The van der Waals surface area contributed by atoms with Gasteiger partial charge in [0.15, 0.2) is 0 Å². The molecule has 0 saturated carbocycles. The van der Waals surface area contributed by atoms with E-state index in [-0.39, 0.29) is 17.7 Å². The molecule has 0 unspecified atom stereocenters. The van der Waals surface area contributed by atoms with Crippen molar-refractivity contribution in [2.45, 2.75) is 44.3 Å². The van der Waals surface area contributed by atoms with E-state index >= 15 is 0 Å². The molecule has 5 heteroatoms. The molecule has 2 aromatic rings. The topological polar surface area (TPSA) is 52.7 Å². The molecule has 150 valence electrons. The minimum Gasteiger partial charge on any atom is -0.352 e. The van der Waals surface area contributed by atoms with Crippen molar-refractivity contribution in [2.24, 2.45) is 5.92 Å². The lowest BCUT2D eigenvalue weighted by atomic mass is 9.78. The molecule has 3 aliphatic rings. The molecule has 2 saturated heterocycles. The molecule has 0 bridgehead atoms. The Bertz CT molecular complexity index is 970. The number of para-hydroxylation sites is 1. The molecular weight excluding hydrogens is 362 g/mol. The Balaban J connectivity index is 1.50. The van der Waals surface area contributed by atoms with E-state index in [9.17, 15) is 9.59 Å². The number of carbonyl (C=O) groups is 2. The monoisotopic (exact) mass is 389 g/mol. The van der Waals surface area contributed by atoms with Gasteiger partial charge in [0.05, 0.1) is 5.92 Å². The number of nitrogens with one attached hydrogen (secondary N) is 1. The number of hydrogen-bond donors (Lipinski definition) is 1. The molecule has 2 aromatic carbocycles. The molecule has 0 aliphatic carbocycles. The van der Waals surface area contributed by atoms with E-state index in [0.717, 1.165) is 42.6 Å². The van der Waals surface area contributed by atoms with Crippen LogP contribution in [0, 0.1) is 12.8 Å². The number of fused-ring (bicyclic) bond motifs is 4. The molecule has 5 nitrogen and oxygen atoms in total. The van der Waals surface area contributed by atoms with Gasteiger partial charge in [-0.25, -0.2) is 0 Å². The molecule has 3 heterocycles. The summed E-state index contributed by atoms with van der Waals surface area (Å²) in [7, 11) is 1.83. The molecule has 1 N–H and O–H groups in total. The number of nitrogens with zero attached hydrogens (tertiary/aromatic N) is 2. The number of carbonyl (C=O) groups excluding carboxylic acids is 2. The summed E-state index contributed by atoms with van der Waals surface area (Å²) in [5, 5.41) is 3.13. The van der Waals surface area contributed by atoms with Crippen LogP contribution in [0.5, 0.6) is 0 Å². The summed E-state index contributed by atoms with van der Waals surface area (Å²) in [6.45, 7) is 3.42. The van der Waals surface area contributed by atoms with Gasteiger partial charge < -0.3 is 10.2 Å². The van der Waals surface area contributed by atoms with Crippen LogP contribution >= 0.6 is 0 Å². The summed E-state index contributed by atoms with van der Waals surface area (Å²) in [6.07, 6.45) is 2.89. The van der Waals surface area contributed by atoms with Gasteiger partial charge in [-0.1, -0.05) is 48.0 Å². The third-order valence-corrected chi connectivity index (χ3v) is 7.05. The van der Waals surface area contributed by atoms with Crippen molar-refractivity contribution in [3.8, 4) is 0 Å². The summed E-state index contributed by atoms with van der Waals surface area (Å²) < 4.78 is 0. The van der Waals surface area contributed by atoms with Crippen LogP contribution in [0.2, 0.25) is 0 Å². The average molecular weight is 389 g/mol. The standard InChI is InChI=1S/C24H27N3O2/c1-16-9-11-17(12-10-16)15-25-22(28)20-14-18-6-5-13-27(18)24(20)19-7-3-4-8-21(19)26(2)23(24)29/h3-4,7-12,18,20H,5-6,13-15H2,1-2H3,(H,25,28)/t18-,20-,24-/m1/s1. The van der Waals surface area contributed by atoms with E-state index in [1.165, 1.54) is 5.56 Å². The summed E-state index contributed by atoms with van der Waals surface area (Å²) >= 11 is 0. The van der Waals surface area contributed by atoms with Crippen molar-refractivity contribution >= 4 is 17.5 Å². The predicted octanol–water partition coefficient (Wildman–Crippen LogP) is 2.97. The van der Waals surface area contributed by atoms with Gasteiger partial charge in [-0.2, -0.15) is 0 Å². The van der Waals surface area contributed by atoms with Gasteiger partial charge in [-0.15, -0.1) is 0 Å². The molecular formula is C24H27N3O2. The van der Waals surface area contributed by atoms with E-state index in [1.54, 1.807) is 4.90 Å². The van der Waals surface area contributed by atoms with Gasteiger partial charge in [-0.05, 0) is 44.4 Å². The van der Waals surface area contributed by atoms with Crippen LogP contribution < -0.4 is 10.2 Å². The second-order valence-electron chi connectivity index (χ2n) is 8.63. The second kappa shape index (κ2) is 6.70. The highest BCUT2D eigenvalue weighted by Gasteiger charge is 2.66. The number of anilines is 1. The van der Waals surface area contributed by atoms with Crippen molar-refractivity contribution in [3.05, 3.63) is 65.2 Å². The number of likely N-dealkylation sites (N-methyl/N-ethyl adjacent to an activating group) is 1. The van der Waals surface area contributed by atoms with Crippen LogP contribution in [0.25, 0.3) is 0 Å². The molecule has 0 aromatic heterocycles. The SMILES string of the molecule is Cc1ccc(CNC(=O)[C@H]2C[C@H]3CCCN3[C@@]23C(=O)N(C)c2ccccc23)cc1. The maximum Gasteiger partial charge on any atom is 0.252 e. The minimum atomic E-state index is -0.857. The van der Waals surface area contributed by atoms with Crippen molar-refractivity contribution < 1.29 is 9.59 Å². The molecule has 1 spiro atoms. The molecule has 2 amide bonds. The Morgan fingerprint density at radius 2 is 1.93 bits per heavy atom. The van der Waals surface area contributed by atoms with Crippen LogP contribution in [-0.4, -0.2) is 36.3 Å². The maximum atomic E-state index is 13.7. The first-order valence-electron chi connectivity index (χ1n) is 10.5. The zero-order valence-corrected chi connectivity index (χ0v) is 17.0. The zero-order valence-electron chi connectivity index (χ0n) is 17.0. The molecule has 2 fully saturated rings. The fourth-order valence-corrected chi connectivity index (χ4v) is 5.69. The van der Waals surface area contributed by atoms with E-state index in [1.807, 2.05) is 43.4 Å². The van der Waals surface area contributed by atoms with Crippen LogP contribution in [0.1, 0.15) is 36.0 Å². The Morgan fingerprint density at radius 3 is 2.72 bits per heavy atom. The number of hydrogen-bond acceptors (Lipinski definition) is 3. The fraction of sp³-hybridized carbons (Fsp3) is 0.417. The summed E-state index contributed by atoms with van der Waals surface area (Å²) in [4.78, 5) is 31.2. The average Bonchev–Trinajstić information content (AvgIpc) is 3.38.